The number of carbonyl (C=O) groups is 1. The van der Waals surface area contributed by atoms with E-state index in [0.29, 0.717) is 5.75 Å². The smallest absolute Gasteiger partial charge is 0.344 e. The molecule has 1 aromatic carbocycles. The van der Waals surface area contributed by atoms with E-state index in [1.165, 1.54) is 12.1 Å². The largest absolute Gasteiger partial charge is 0.506 e. The second-order valence-electron chi connectivity index (χ2n) is 5.55. The van der Waals surface area contributed by atoms with Gasteiger partial charge in [-0.3, -0.25) is 0 Å². The Morgan fingerprint density at radius 3 is 2.62 bits per heavy atom. The average molecular weight is 290 g/mol. The van der Waals surface area contributed by atoms with Crippen molar-refractivity contribution in [2.75, 3.05) is 5.73 Å². The molecule has 0 spiro atoms. The fourth-order valence-corrected chi connectivity index (χ4v) is 1.65. The molecule has 4 N–H and O–H groups in total. The summed E-state index contributed by atoms with van der Waals surface area (Å²) >= 11 is 0. The Bertz CT molecular complexity index is 656. The Morgan fingerprint density at radius 2 is 2.00 bits per heavy atom. The van der Waals surface area contributed by atoms with Crippen molar-refractivity contribution in [2.24, 2.45) is 0 Å². The zero-order chi connectivity index (χ0) is 15.6. The number of aromatic nitrogens is 1. The average Bonchev–Trinajstić information content (AvgIpc) is 2.80. The molecular weight excluding hydrogens is 272 g/mol. The van der Waals surface area contributed by atoms with E-state index in [9.17, 15) is 9.90 Å². The third-order valence-corrected chi connectivity index (χ3v) is 2.55. The van der Waals surface area contributed by atoms with E-state index in [1.54, 1.807) is 39.1 Å². The number of aromatic hydroxyl groups is 1. The number of rotatable bonds is 3. The highest BCUT2D eigenvalue weighted by atomic mass is 16.6. The number of benzene rings is 1. The van der Waals surface area contributed by atoms with Crippen molar-refractivity contribution < 1.29 is 19.4 Å². The van der Waals surface area contributed by atoms with Crippen LogP contribution in [0.4, 0.5) is 5.69 Å². The van der Waals surface area contributed by atoms with Gasteiger partial charge in [0.1, 0.15) is 22.7 Å². The van der Waals surface area contributed by atoms with Crippen LogP contribution in [0.15, 0.2) is 30.5 Å². The van der Waals surface area contributed by atoms with Gasteiger partial charge in [0.25, 0.3) is 0 Å². The molecule has 0 amide bonds. The quantitative estimate of drug-likeness (QED) is 0.458. The lowest BCUT2D eigenvalue weighted by Crippen LogP contribution is -2.23. The van der Waals surface area contributed by atoms with Gasteiger partial charge in [-0.05, 0) is 39.0 Å². The zero-order valence-electron chi connectivity index (χ0n) is 12.1. The summed E-state index contributed by atoms with van der Waals surface area (Å²) in [4.78, 5) is 14.9. The van der Waals surface area contributed by atoms with Crippen molar-refractivity contribution in [3.63, 3.8) is 0 Å². The second kappa shape index (κ2) is 5.40. The van der Waals surface area contributed by atoms with Crippen molar-refractivity contribution in [2.45, 2.75) is 26.4 Å². The van der Waals surface area contributed by atoms with Crippen molar-refractivity contribution in [3.8, 4) is 17.4 Å². The first kappa shape index (κ1) is 14.8. The number of carbonyl (C=O) groups excluding carboxylic acids is 1. The molecule has 21 heavy (non-hydrogen) atoms. The fourth-order valence-electron chi connectivity index (χ4n) is 1.65. The van der Waals surface area contributed by atoms with Gasteiger partial charge in [-0.25, -0.2) is 4.79 Å². The summed E-state index contributed by atoms with van der Waals surface area (Å²) < 4.78 is 10.9. The molecule has 0 saturated carbocycles. The summed E-state index contributed by atoms with van der Waals surface area (Å²) in [6.45, 7) is 5.37. The number of hydrogen-bond donors (Lipinski definition) is 3. The van der Waals surface area contributed by atoms with Crippen LogP contribution in [0.2, 0.25) is 0 Å². The molecule has 2 aromatic rings. The lowest BCUT2D eigenvalue weighted by atomic mass is 10.2. The molecule has 2 rings (SSSR count). The molecule has 1 heterocycles. The molecule has 0 aliphatic rings. The monoisotopic (exact) mass is 290 g/mol. The lowest BCUT2D eigenvalue weighted by Gasteiger charge is -2.19. The number of H-pyrrole nitrogens is 1. The topological polar surface area (TPSA) is 97.6 Å². The van der Waals surface area contributed by atoms with Gasteiger partial charge in [-0.1, -0.05) is 0 Å². The first-order valence-corrected chi connectivity index (χ1v) is 6.43. The third kappa shape index (κ3) is 3.68. The molecule has 0 fully saturated rings. The molecule has 112 valence electrons. The van der Waals surface area contributed by atoms with Gasteiger partial charge in [-0.15, -0.1) is 0 Å². The Balaban J connectivity index is 2.20. The number of aromatic amines is 1. The maximum absolute atomic E-state index is 12.1. The Labute approximate surface area is 122 Å². The Hall–Kier alpha value is -2.63. The van der Waals surface area contributed by atoms with Gasteiger partial charge in [0.2, 0.25) is 5.88 Å². The van der Waals surface area contributed by atoms with Gasteiger partial charge < -0.3 is 25.3 Å². The molecule has 0 unspecified atom stereocenters. The predicted octanol–water partition coefficient (Wildman–Crippen LogP) is 3.05. The van der Waals surface area contributed by atoms with Crippen LogP contribution in [0.1, 0.15) is 31.1 Å². The molecule has 0 atom stereocenters. The number of phenols is 1. The third-order valence-electron chi connectivity index (χ3n) is 2.55. The van der Waals surface area contributed by atoms with E-state index in [-0.39, 0.29) is 22.9 Å². The minimum atomic E-state index is -0.589. The summed E-state index contributed by atoms with van der Waals surface area (Å²) in [6.07, 6.45) is 1.58. The number of nitrogens with one attached hydrogen (secondary N) is 1. The van der Waals surface area contributed by atoms with Gasteiger partial charge >= 0.3 is 5.97 Å². The standard InChI is InChI=1S/C15H18N2O4/c1-15(2,3)21-14(19)10-6-7-17-13(10)20-9-4-5-12(18)11(16)8-9/h4-8,17-18H,16H2,1-3H3. The molecule has 6 heteroatoms. The van der Waals surface area contributed by atoms with Crippen LogP contribution in [0, 0.1) is 0 Å². The number of nitrogen functional groups attached to an aromatic ring is 1. The molecular formula is C15H18N2O4. The van der Waals surface area contributed by atoms with Crippen LogP contribution in [-0.4, -0.2) is 21.7 Å². The highest BCUT2D eigenvalue weighted by Crippen LogP contribution is 2.30. The predicted molar refractivity (Wildman–Crippen MR) is 78.6 cm³/mol. The van der Waals surface area contributed by atoms with Gasteiger partial charge in [0.05, 0.1) is 5.69 Å². The van der Waals surface area contributed by atoms with Gasteiger partial charge in [-0.2, -0.15) is 0 Å². The van der Waals surface area contributed by atoms with E-state index in [4.69, 9.17) is 15.2 Å². The number of esters is 1. The van der Waals surface area contributed by atoms with Crippen LogP contribution < -0.4 is 10.5 Å². The number of ether oxygens (including phenoxy) is 2. The van der Waals surface area contributed by atoms with Crippen LogP contribution in [0.3, 0.4) is 0 Å². The number of phenolic OH excluding ortho intramolecular Hbond substituents is 1. The van der Waals surface area contributed by atoms with Crippen LogP contribution in [0.25, 0.3) is 0 Å². The minimum Gasteiger partial charge on any atom is -0.506 e. The summed E-state index contributed by atoms with van der Waals surface area (Å²) in [5.41, 5.74) is 5.49. The molecule has 1 aromatic heterocycles. The van der Waals surface area contributed by atoms with Crippen LogP contribution in [-0.2, 0) is 4.74 Å². The van der Waals surface area contributed by atoms with Crippen molar-refractivity contribution in [1.29, 1.82) is 0 Å². The molecule has 0 saturated heterocycles. The summed E-state index contributed by atoms with van der Waals surface area (Å²) in [7, 11) is 0. The number of nitrogens with two attached hydrogens (primary N) is 1. The first-order valence-electron chi connectivity index (χ1n) is 6.43. The number of hydrogen-bond acceptors (Lipinski definition) is 5. The SMILES string of the molecule is CC(C)(C)OC(=O)c1cc[nH]c1Oc1ccc(O)c(N)c1. The fraction of sp³-hybridized carbons (Fsp3) is 0.267. The van der Waals surface area contributed by atoms with E-state index in [1.807, 2.05) is 0 Å². The molecule has 0 aliphatic carbocycles. The minimum absolute atomic E-state index is 0.0267. The van der Waals surface area contributed by atoms with Gasteiger partial charge in [0, 0.05) is 12.3 Å². The molecule has 0 radical (unpaired) electrons. The second-order valence-corrected chi connectivity index (χ2v) is 5.55. The van der Waals surface area contributed by atoms with Crippen LogP contribution in [0.5, 0.6) is 17.4 Å². The highest BCUT2D eigenvalue weighted by molar-refractivity contribution is 5.92. The maximum Gasteiger partial charge on any atom is 0.344 e. The van der Waals surface area contributed by atoms with Crippen molar-refractivity contribution in [3.05, 3.63) is 36.0 Å². The van der Waals surface area contributed by atoms with E-state index in [2.05, 4.69) is 4.98 Å². The zero-order valence-corrected chi connectivity index (χ0v) is 12.1. The van der Waals surface area contributed by atoms with Gasteiger partial charge in [0.15, 0.2) is 0 Å². The summed E-state index contributed by atoms with van der Waals surface area (Å²) in [6, 6.07) is 6.01. The Morgan fingerprint density at radius 1 is 1.29 bits per heavy atom. The normalized spacial score (nSPS) is 11.2. The lowest BCUT2D eigenvalue weighted by molar-refractivity contribution is 0.00674. The molecule has 0 aliphatic heterocycles. The summed E-state index contributed by atoms with van der Waals surface area (Å²) in [5.74, 6) is 0.151. The van der Waals surface area contributed by atoms with E-state index >= 15 is 0 Å². The molecule has 6 nitrogen and oxygen atoms in total. The maximum atomic E-state index is 12.1. The molecule has 0 bridgehead atoms. The van der Waals surface area contributed by atoms with Crippen LogP contribution >= 0.6 is 0 Å². The van der Waals surface area contributed by atoms with Crippen molar-refractivity contribution >= 4 is 11.7 Å². The first-order chi connectivity index (χ1) is 9.76. The highest BCUT2D eigenvalue weighted by Gasteiger charge is 2.22. The summed E-state index contributed by atoms with van der Waals surface area (Å²) in [5, 5.41) is 9.38. The van der Waals surface area contributed by atoms with Crippen molar-refractivity contribution in [1.82, 2.24) is 4.98 Å². The Kier molecular flexibility index (Phi) is 3.80. The number of anilines is 1. The van der Waals surface area contributed by atoms with E-state index < -0.39 is 11.6 Å². The van der Waals surface area contributed by atoms with E-state index in [0.717, 1.165) is 0 Å².